The van der Waals surface area contributed by atoms with Crippen molar-refractivity contribution in [3.63, 3.8) is 0 Å². The second kappa shape index (κ2) is 5.81. The molecule has 0 saturated heterocycles. The van der Waals surface area contributed by atoms with Gasteiger partial charge in [0, 0.05) is 12.1 Å². The summed E-state index contributed by atoms with van der Waals surface area (Å²) in [5, 5.41) is 3.92. The highest BCUT2D eigenvalue weighted by Crippen LogP contribution is 2.24. The first-order valence-corrected chi connectivity index (χ1v) is 5.98. The molecule has 0 unspecified atom stereocenters. The fraction of sp³-hybridized carbons (Fsp3) is 0.385. The lowest BCUT2D eigenvalue weighted by Gasteiger charge is -2.12. The Morgan fingerprint density at radius 1 is 1.32 bits per heavy atom. The van der Waals surface area contributed by atoms with Crippen LogP contribution in [0.2, 0.25) is 0 Å². The molecule has 102 valence electrons. The van der Waals surface area contributed by atoms with Crippen molar-refractivity contribution in [2.75, 3.05) is 21.2 Å². The number of rotatable bonds is 5. The molecule has 6 nitrogen and oxygen atoms in total. The van der Waals surface area contributed by atoms with E-state index in [0.717, 1.165) is 23.4 Å². The van der Waals surface area contributed by atoms with E-state index >= 15 is 0 Å². The van der Waals surface area contributed by atoms with Gasteiger partial charge in [0.15, 0.2) is 0 Å². The van der Waals surface area contributed by atoms with Crippen LogP contribution in [0.15, 0.2) is 22.7 Å². The van der Waals surface area contributed by atoms with E-state index < -0.39 is 0 Å². The molecule has 19 heavy (non-hydrogen) atoms. The molecule has 0 fully saturated rings. The van der Waals surface area contributed by atoms with Crippen LogP contribution in [0.5, 0.6) is 5.75 Å². The van der Waals surface area contributed by atoms with Crippen molar-refractivity contribution < 1.29 is 9.26 Å². The van der Waals surface area contributed by atoms with Gasteiger partial charge in [-0.2, -0.15) is 4.98 Å². The van der Waals surface area contributed by atoms with Crippen molar-refractivity contribution in [3.8, 4) is 17.1 Å². The zero-order valence-corrected chi connectivity index (χ0v) is 11.4. The van der Waals surface area contributed by atoms with Crippen LogP contribution in [-0.4, -0.2) is 36.2 Å². The number of methoxy groups -OCH3 is 1. The van der Waals surface area contributed by atoms with Crippen molar-refractivity contribution in [1.82, 2.24) is 15.0 Å². The van der Waals surface area contributed by atoms with Gasteiger partial charge in [0.05, 0.1) is 13.7 Å². The predicted octanol–water partition coefficient (Wildman–Crippen LogP) is 1.27. The van der Waals surface area contributed by atoms with E-state index in [2.05, 4.69) is 15.0 Å². The summed E-state index contributed by atoms with van der Waals surface area (Å²) >= 11 is 0. The molecule has 0 amide bonds. The van der Waals surface area contributed by atoms with Gasteiger partial charge < -0.3 is 19.9 Å². The van der Waals surface area contributed by atoms with E-state index in [1.807, 2.05) is 32.3 Å². The summed E-state index contributed by atoms with van der Waals surface area (Å²) in [5.41, 5.74) is 7.45. The van der Waals surface area contributed by atoms with E-state index in [1.165, 1.54) is 0 Å². The standard InChI is InChI=1S/C13H18N4O2/c1-17(2)8-9-4-10(6-11(5-9)18-3)13-15-12(7-14)19-16-13/h4-6H,7-8,14H2,1-3H3. The molecule has 2 N–H and O–H groups in total. The lowest BCUT2D eigenvalue weighted by Crippen LogP contribution is -2.10. The molecule has 6 heteroatoms. The van der Waals surface area contributed by atoms with Crippen LogP contribution in [0.1, 0.15) is 11.5 Å². The third-order valence-corrected chi connectivity index (χ3v) is 2.60. The molecule has 1 heterocycles. The van der Waals surface area contributed by atoms with Gasteiger partial charge in [-0.25, -0.2) is 0 Å². The Morgan fingerprint density at radius 2 is 2.11 bits per heavy atom. The van der Waals surface area contributed by atoms with Crippen LogP contribution in [0, 0.1) is 0 Å². The molecule has 0 aliphatic heterocycles. The molecule has 1 aromatic carbocycles. The number of nitrogens with zero attached hydrogens (tertiary/aromatic N) is 3. The van der Waals surface area contributed by atoms with E-state index in [1.54, 1.807) is 7.11 Å². The first kappa shape index (κ1) is 13.5. The highest BCUT2D eigenvalue weighted by molar-refractivity contribution is 5.58. The molecule has 0 bridgehead atoms. The van der Waals surface area contributed by atoms with Crippen LogP contribution in [0.4, 0.5) is 0 Å². The van der Waals surface area contributed by atoms with E-state index in [9.17, 15) is 0 Å². The lowest BCUT2D eigenvalue weighted by molar-refractivity contribution is 0.380. The highest BCUT2D eigenvalue weighted by Gasteiger charge is 2.10. The van der Waals surface area contributed by atoms with E-state index in [0.29, 0.717) is 11.7 Å². The summed E-state index contributed by atoms with van der Waals surface area (Å²) in [4.78, 5) is 6.31. The van der Waals surface area contributed by atoms with Gasteiger partial charge in [-0.15, -0.1) is 0 Å². The van der Waals surface area contributed by atoms with Crippen molar-refractivity contribution in [1.29, 1.82) is 0 Å². The first-order chi connectivity index (χ1) is 9.12. The molecule has 0 spiro atoms. The van der Waals surface area contributed by atoms with Gasteiger partial charge >= 0.3 is 0 Å². The molecule has 1 aromatic heterocycles. The number of hydrogen-bond donors (Lipinski definition) is 1. The maximum atomic E-state index is 5.47. The minimum Gasteiger partial charge on any atom is -0.497 e. The van der Waals surface area contributed by atoms with Crippen LogP contribution >= 0.6 is 0 Å². The minimum atomic E-state index is 0.238. The monoisotopic (exact) mass is 262 g/mol. The largest absolute Gasteiger partial charge is 0.497 e. The third-order valence-electron chi connectivity index (χ3n) is 2.60. The zero-order chi connectivity index (χ0) is 13.8. The smallest absolute Gasteiger partial charge is 0.240 e. The van der Waals surface area contributed by atoms with Crippen LogP contribution in [0.25, 0.3) is 11.4 Å². The number of hydrogen-bond acceptors (Lipinski definition) is 6. The lowest BCUT2D eigenvalue weighted by atomic mass is 10.1. The molecule has 0 radical (unpaired) electrons. The van der Waals surface area contributed by atoms with Crippen LogP contribution in [-0.2, 0) is 13.1 Å². The Labute approximate surface area is 112 Å². The Bertz CT molecular complexity index is 551. The summed E-state index contributed by atoms with van der Waals surface area (Å²) in [5.74, 6) is 1.72. The number of ether oxygens (including phenoxy) is 1. The molecule has 0 aliphatic carbocycles. The fourth-order valence-corrected chi connectivity index (χ4v) is 1.82. The van der Waals surface area contributed by atoms with Gasteiger partial charge in [-0.05, 0) is 37.9 Å². The van der Waals surface area contributed by atoms with Crippen LogP contribution in [0.3, 0.4) is 0 Å². The molecule has 0 atom stereocenters. The summed E-state index contributed by atoms with van der Waals surface area (Å²) < 4.78 is 10.3. The molecular weight excluding hydrogens is 244 g/mol. The van der Waals surface area contributed by atoms with Crippen LogP contribution < -0.4 is 10.5 Å². The van der Waals surface area contributed by atoms with Gasteiger partial charge in [0.25, 0.3) is 0 Å². The van der Waals surface area contributed by atoms with Gasteiger partial charge in [0.1, 0.15) is 5.75 Å². The normalized spacial score (nSPS) is 11.0. The number of benzene rings is 1. The van der Waals surface area contributed by atoms with Gasteiger partial charge in [-0.1, -0.05) is 5.16 Å². The van der Waals surface area contributed by atoms with E-state index in [-0.39, 0.29) is 6.54 Å². The topological polar surface area (TPSA) is 77.4 Å². The second-order valence-corrected chi connectivity index (χ2v) is 4.52. The van der Waals surface area contributed by atoms with E-state index in [4.69, 9.17) is 15.0 Å². The molecular formula is C13H18N4O2. The summed E-state index contributed by atoms with van der Waals surface area (Å²) in [6.45, 7) is 1.05. The third kappa shape index (κ3) is 3.30. The maximum absolute atomic E-state index is 5.47. The van der Waals surface area contributed by atoms with Crippen molar-refractivity contribution >= 4 is 0 Å². The fourth-order valence-electron chi connectivity index (χ4n) is 1.82. The predicted molar refractivity (Wildman–Crippen MR) is 71.6 cm³/mol. The van der Waals surface area contributed by atoms with Crippen molar-refractivity contribution in [2.45, 2.75) is 13.1 Å². The molecule has 0 aliphatic rings. The SMILES string of the molecule is COc1cc(CN(C)C)cc(-c2noc(CN)n2)c1. The highest BCUT2D eigenvalue weighted by atomic mass is 16.5. The Balaban J connectivity index is 2.38. The Hall–Kier alpha value is -1.92. The van der Waals surface area contributed by atoms with Gasteiger partial charge in [0.2, 0.25) is 11.7 Å². The number of nitrogens with two attached hydrogens (primary N) is 1. The van der Waals surface area contributed by atoms with Crippen molar-refractivity contribution in [2.24, 2.45) is 5.73 Å². The average molecular weight is 262 g/mol. The minimum absolute atomic E-state index is 0.238. The molecule has 2 rings (SSSR count). The Morgan fingerprint density at radius 3 is 2.68 bits per heavy atom. The summed E-state index contributed by atoms with van der Waals surface area (Å²) in [7, 11) is 5.67. The Kier molecular flexibility index (Phi) is 4.13. The zero-order valence-electron chi connectivity index (χ0n) is 11.4. The van der Waals surface area contributed by atoms with Crippen molar-refractivity contribution in [3.05, 3.63) is 29.7 Å². The van der Waals surface area contributed by atoms with Gasteiger partial charge in [-0.3, -0.25) is 0 Å². The molecule has 0 saturated carbocycles. The quantitative estimate of drug-likeness (QED) is 0.874. The second-order valence-electron chi connectivity index (χ2n) is 4.52. The summed E-state index contributed by atoms with van der Waals surface area (Å²) in [6, 6.07) is 5.89. The summed E-state index contributed by atoms with van der Waals surface area (Å²) in [6.07, 6.45) is 0. The average Bonchev–Trinajstić information content (AvgIpc) is 2.86. The maximum Gasteiger partial charge on any atom is 0.240 e. The molecule has 2 aromatic rings. The number of aromatic nitrogens is 2. The first-order valence-electron chi connectivity index (χ1n) is 5.98.